The number of carboxylic acids is 1. The van der Waals surface area contributed by atoms with Crippen LogP contribution in [-0.4, -0.2) is 83.5 Å². The lowest BCUT2D eigenvalue weighted by Gasteiger charge is -2.38. The molecular formula is C16H17F6NO9S. The lowest BCUT2D eigenvalue weighted by atomic mass is 9.96. The van der Waals surface area contributed by atoms with E-state index in [0.717, 1.165) is 13.8 Å². The predicted octanol–water partition coefficient (Wildman–Crippen LogP) is 0.792. The van der Waals surface area contributed by atoms with Crippen LogP contribution in [0.25, 0.3) is 0 Å². The lowest BCUT2D eigenvalue weighted by Crippen LogP contribution is -2.67. The maximum atomic E-state index is 14.4. The number of rotatable bonds is 6. The van der Waals surface area contributed by atoms with Gasteiger partial charge in [0.25, 0.3) is 16.9 Å². The molecule has 0 aromatic carbocycles. The average Bonchev–Trinajstić information content (AvgIpc) is 2.65. The van der Waals surface area contributed by atoms with Crippen LogP contribution in [0.1, 0.15) is 26.7 Å². The van der Waals surface area contributed by atoms with Crippen molar-refractivity contribution in [2.45, 2.75) is 54.8 Å². The molecule has 0 aliphatic carbocycles. The van der Waals surface area contributed by atoms with Gasteiger partial charge in [0.2, 0.25) is 9.84 Å². The fraction of sp³-hybridized carbons (Fsp3) is 0.750. The van der Waals surface area contributed by atoms with E-state index < -0.39 is 93.6 Å². The molecule has 1 N–H and O–H groups in total. The summed E-state index contributed by atoms with van der Waals surface area (Å²) in [4.78, 5) is 46.3. The second kappa shape index (κ2) is 8.02. The molecule has 10 nitrogen and oxygen atoms in total. The number of esters is 2. The first-order valence-electron chi connectivity index (χ1n) is 9.05. The Morgan fingerprint density at radius 2 is 1.42 bits per heavy atom. The molecule has 0 atom stereocenters. The van der Waals surface area contributed by atoms with E-state index in [4.69, 9.17) is 5.11 Å². The van der Waals surface area contributed by atoms with Crippen molar-refractivity contribution in [1.29, 1.82) is 0 Å². The van der Waals surface area contributed by atoms with Crippen LogP contribution in [-0.2, 0) is 38.5 Å². The zero-order valence-electron chi connectivity index (χ0n) is 16.8. The first kappa shape index (κ1) is 26.7. The molecule has 0 aromatic heterocycles. The van der Waals surface area contributed by atoms with E-state index in [0.29, 0.717) is 0 Å². The van der Waals surface area contributed by atoms with E-state index in [9.17, 15) is 53.9 Å². The number of likely N-dealkylation sites (tertiary alicyclic amines) is 1. The van der Waals surface area contributed by atoms with Crippen LogP contribution >= 0.6 is 0 Å². The molecule has 2 fully saturated rings. The molecule has 1 amide bonds. The van der Waals surface area contributed by atoms with Crippen LogP contribution in [0.5, 0.6) is 0 Å². The minimum atomic E-state index is -7.10. The standard InChI is InChI=1S/C16H17F6NO9S/c1-13(2)31-10(26)8(11(27)32-13)33(29,30)16(21,22)15(19,20)14(17,18)12(28)23-5-3-7(4-6-23)9(24)25/h7-8H,3-6H2,1-2H3,(H,24,25). The summed E-state index contributed by atoms with van der Waals surface area (Å²) < 4.78 is 119. The quantitative estimate of drug-likeness (QED) is 0.310. The van der Waals surface area contributed by atoms with E-state index in [-0.39, 0.29) is 4.90 Å². The molecule has 0 bridgehead atoms. The number of carboxylic acid groups (broad SMARTS) is 1. The summed E-state index contributed by atoms with van der Waals surface area (Å²) in [7, 11) is -7.10. The number of hydrogen-bond acceptors (Lipinski definition) is 8. The van der Waals surface area contributed by atoms with Crippen LogP contribution in [0.4, 0.5) is 26.3 Å². The second-order valence-electron chi connectivity index (χ2n) is 7.74. The van der Waals surface area contributed by atoms with Gasteiger partial charge in [-0.3, -0.25) is 9.59 Å². The summed E-state index contributed by atoms with van der Waals surface area (Å²) >= 11 is 0. The van der Waals surface area contributed by atoms with Crippen molar-refractivity contribution in [2.24, 2.45) is 5.92 Å². The Morgan fingerprint density at radius 3 is 1.82 bits per heavy atom. The van der Waals surface area contributed by atoms with Gasteiger partial charge < -0.3 is 19.5 Å². The number of halogens is 6. The van der Waals surface area contributed by atoms with E-state index >= 15 is 0 Å². The van der Waals surface area contributed by atoms with Gasteiger partial charge in [-0.2, -0.15) is 26.3 Å². The first-order chi connectivity index (χ1) is 14.7. The number of sulfone groups is 1. The number of carbonyl (C=O) groups is 4. The fourth-order valence-corrected chi connectivity index (χ4v) is 4.52. The summed E-state index contributed by atoms with van der Waals surface area (Å²) in [6, 6.07) is 0. The number of hydrogen-bond donors (Lipinski definition) is 1. The molecule has 0 spiro atoms. The zero-order chi connectivity index (χ0) is 25.8. The summed E-state index contributed by atoms with van der Waals surface area (Å²) in [6.45, 7) is 0.129. The number of nitrogens with zero attached hydrogens (tertiary/aromatic N) is 1. The summed E-state index contributed by atoms with van der Waals surface area (Å²) in [5.41, 5.74) is 0. The SMILES string of the molecule is CC1(C)OC(=O)C(S(=O)(=O)C(F)(F)C(F)(F)C(F)(F)C(=O)N2CCC(C(=O)O)CC2)C(=O)O1. The number of carbonyl (C=O) groups excluding carboxylic acids is 3. The van der Waals surface area contributed by atoms with Crippen molar-refractivity contribution in [3.63, 3.8) is 0 Å². The Morgan fingerprint density at radius 1 is 1.00 bits per heavy atom. The van der Waals surface area contributed by atoms with Gasteiger partial charge in [0, 0.05) is 26.9 Å². The Bertz CT molecular complexity index is 953. The van der Waals surface area contributed by atoms with Crippen LogP contribution in [0.3, 0.4) is 0 Å². The molecule has 0 unspecified atom stereocenters. The van der Waals surface area contributed by atoms with Crippen molar-refractivity contribution in [2.75, 3.05) is 13.1 Å². The number of amides is 1. The number of piperidine rings is 1. The van der Waals surface area contributed by atoms with Gasteiger partial charge in [0.05, 0.1) is 5.92 Å². The van der Waals surface area contributed by atoms with Crippen LogP contribution in [0, 0.1) is 5.92 Å². The minimum absolute atomic E-state index is 0.0122. The normalized spacial score (nSPS) is 21.4. The summed E-state index contributed by atoms with van der Waals surface area (Å²) in [5.74, 6) is -25.3. The van der Waals surface area contributed by atoms with Gasteiger partial charge >= 0.3 is 35.0 Å². The maximum absolute atomic E-state index is 14.4. The molecule has 2 saturated heterocycles. The summed E-state index contributed by atoms with van der Waals surface area (Å²) in [5, 5.41) is -1.70. The number of aliphatic carboxylic acids is 1. The Balaban J connectivity index is 2.38. The van der Waals surface area contributed by atoms with Gasteiger partial charge in [-0.1, -0.05) is 0 Å². The third kappa shape index (κ3) is 4.21. The van der Waals surface area contributed by atoms with Crippen LogP contribution in [0.15, 0.2) is 0 Å². The maximum Gasteiger partial charge on any atom is 0.415 e. The first-order valence-corrected chi connectivity index (χ1v) is 10.6. The smallest absolute Gasteiger partial charge is 0.415 e. The molecule has 2 aliphatic rings. The summed E-state index contributed by atoms with van der Waals surface area (Å²) in [6.07, 6.45) is -0.903. The Hall–Kier alpha value is -2.59. The topological polar surface area (TPSA) is 144 Å². The molecule has 0 saturated carbocycles. The van der Waals surface area contributed by atoms with Crippen molar-refractivity contribution >= 4 is 33.7 Å². The second-order valence-corrected chi connectivity index (χ2v) is 9.81. The van der Waals surface area contributed by atoms with Gasteiger partial charge in [0.1, 0.15) is 0 Å². The molecule has 0 radical (unpaired) electrons. The number of alkyl halides is 6. The highest BCUT2D eigenvalue weighted by Crippen LogP contribution is 2.51. The van der Waals surface area contributed by atoms with Gasteiger partial charge in [-0.15, -0.1) is 0 Å². The number of ether oxygens (including phenoxy) is 2. The fourth-order valence-electron chi connectivity index (χ4n) is 3.13. The highest BCUT2D eigenvalue weighted by molar-refractivity contribution is 7.94. The van der Waals surface area contributed by atoms with Crippen LogP contribution in [0.2, 0.25) is 0 Å². The van der Waals surface area contributed by atoms with Crippen molar-refractivity contribution in [3.05, 3.63) is 0 Å². The van der Waals surface area contributed by atoms with E-state index in [1.165, 1.54) is 0 Å². The average molecular weight is 513 g/mol. The van der Waals surface area contributed by atoms with Crippen molar-refractivity contribution < 1.29 is 68.5 Å². The van der Waals surface area contributed by atoms with Crippen molar-refractivity contribution in [3.8, 4) is 0 Å². The molecule has 17 heteroatoms. The van der Waals surface area contributed by atoms with Crippen LogP contribution < -0.4 is 0 Å². The van der Waals surface area contributed by atoms with E-state index in [1.54, 1.807) is 0 Å². The van der Waals surface area contributed by atoms with Gasteiger partial charge in [0.15, 0.2) is 0 Å². The van der Waals surface area contributed by atoms with Crippen molar-refractivity contribution in [1.82, 2.24) is 4.90 Å². The number of cyclic esters (lactones) is 2. The van der Waals surface area contributed by atoms with Gasteiger partial charge in [-0.05, 0) is 12.8 Å². The van der Waals surface area contributed by atoms with E-state index in [1.807, 2.05) is 0 Å². The zero-order valence-corrected chi connectivity index (χ0v) is 17.6. The third-order valence-electron chi connectivity index (χ3n) is 4.95. The van der Waals surface area contributed by atoms with Gasteiger partial charge in [-0.25, -0.2) is 18.0 Å². The molecule has 0 aromatic rings. The highest BCUT2D eigenvalue weighted by Gasteiger charge is 2.82. The monoisotopic (exact) mass is 513 g/mol. The predicted molar refractivity (Wildman–Crippen MR) is 90.8 cm³/mol. The molecule has 188 valence electrons. The third-order valence-corrected chi connectivity index (χ3v) is 6.92. The Kier molecular flexibility index (Phi) is 6.48. The molecule has 2 heterocycles. The lowest BCUT2D eigenvalue weighted by molar-refractivity contribution is -0.273. The molecular weight excluding hydrogens is 496 g/mol. The van der Waals surface area contributed by atoms with E-state index in [2.05, 4.69) is 9.47 Å². The minimum Gasteiger partial charge on any atom is -0.481 e. The Labute approximate surface area is 181 Å². The molecule has 33 heavy (non-hydrogen) atoms. The molecule has 2 aliphatic heterocycles. The molecule has 2 rings (SSSR count). The highest BCUT2D eigenvalue weighted by atomic mass is 32.2. The largest absolute Gasteiger partial charge is 0.481 e.